The highest BCUT2D eigenvalue weighted by Gasteiger charge is 2.26. The van der Waals surface area contributed by atoms with E-state index in [4.69, 9.17) is 4.74 Å². The summed E-state index contributed by atoms with van der Waals surface area (Å²) < 4.78 is 7.30. The SMILES string of the molecule is Cc1cc2nccc(C3CCN(CC(=O)N4CCOCC4)CC3)n2n1. The summed E-state index contributed by atoms with van der Waals surface area (Å²) in [5, 5.41) is 4.58. The average molecular weight is 343 g/mol. The molecule has 0 bridgehead atoms. The first-order valence-electron chi connectivity index (χ1n) is 9.10. The summed E-state index contributed by atoms with van der Waals surface area (Å²) in [5.74, 6) is 0.704. The van der Waals surface area contributed by atoms with Crippen molar-refractivity contribution in [3.63, 3.8) is 0 Å². The van der Waals surface area contributed by atoms with E-state index in [1.807, 2.05) is 28.6 Å². The summed E-state index contributed by atoms with van der Waals surface area (Å²) in [6.45, 7) is 7.20. The van der Waals surface area contributed by atoms with Crippen molar-refractivity contribution in [1.82, 2.24) is 24.4 Å². The van der Waals surface area contributed by atoms with Crippen molar-refractivity contribution in [2.24, 2.45) is 0 Å². The van der Waals surface area contributed by atoms with E-state index in [0.29, 0.717) is 25.7 Å². The average Bonchev–Trinajstić information content (AvgIpc) is 3.03. The van der Waals surface area contributed by atoms with Crippen molar-refractivity contribution >= 4 is 11.6 Å². The lowest BCUT2D eigenvalue weighted by atomic mass is 9.93. The van der Waals surface area contributed by atoms with E-state index in [9.17, 15) is 4.79 Å². The molecule has 2 aliphatic rings. The van der Waals surface area contributed by atoms with E-state index >= 15 is 0 Å². The Morgan fingerprint density at radius 3 is 2.76 bits per heavy atom. The second-order valence-electron chi connectivity index (χ2n) is 6.97. The zero-order valence-electron chi connectivity index (χ0n) is 14.7. The number of aryl methyl sites for hydroxylation is 1. The lowest BCUT2D eigenvalue weighted by Crippen LogP contribution is -2.47. The maximum absolute atomic E-state index is 12.4. The van der Waals surface area contributed by atoms with Gasteiger partial charge in [0, 0.05) is 37.0 Å². The Morgan fingerprint density at radius 1 is 1.24 bits per heavy atom. The standard InChI is InChI=1S/C18H25N5O2/c1-14-12-17-19-5-2-16(23(17)20-14)15-3-6-21(7-4-15)13-18(24)22-8-10-25-11-9-22/h2,5,12,15H,3-4,6-11,13H2,1H3. The number of carbonyl (C=O) groups excluding carboxylic acids is 1. The van der Waals surface area contributed by atoms with Crippen LogP contribution < -0.4 is 0 Å². The summed E-state index contributed by atoms with van der Waals surface area (Å²) in [6, 6.07) is 4.10. The molecule has 2 aromatic rings. The third kappa shape index (κ3) is 3.52. The molecule has 25 heavy (non-hydrogen) atoms. The van der Waals surface area contributed by atoms with Crippen LogP contribution in [0.15, 0.2) is 18.3 Å². The number of hydrogen-bond donors (Lipinski definition) is 0. The molecule has 4 rings (SSSR count). The smallest absolute Gasteiger partial charge is 0.236 e. The van der Waals surface area contributed by atoms with Crippen LogP contribution in [0.1, 0.15) is 30.1 Å². The second kappa shape index (κ2) is 7.09. The molecule has 2 fully saturated rings. The van der Waals surface area contributed by atoms with Crippen molar-refractivity contribution < 1.29 is 9.53 Å². The first kappa shape index (κ1) is 16.5. The Kier molecular flexibility index (Phi) is 4.67. The molecule has 0 saturated carbocycles. The van der Waals surface area contributed by atoms with Crippen LogP contribution in [0.25, 0.3) is 5.65 Å². The molecule has 0 atom stereocenters. The zero-order chi connectivity index (χ0) is 17.2. The summed E-state index contributed by atoms with van der Waals surface area (Å²) in [5.41, 5.74) is 3.14. The fourth-order valence-electron chi connectivity index (χ4n) is 3.83. The van der Waals surface area contributed by atoms with Gasteiger partial charge >= 0.3 is 0 Å². The molecule has 2 saturated heterocycles. The van der Waals surface area contributed by atoms with Crippen LogP contribution in [0.4, 0.5) is 0 Å². The minimum atomic E-state index is 0.232. The lowest BCUT2D eigenvalue weighted by Gasteiger charge is -2.34. The molecular weight excluding hydrogens is 318 g/mol. The van der Waals surface area contributed by atoms with Gasteiger partial charge in [-0.25, -0.2) is 9.50 Å². The van der Waals surface area contributed by atoms with Crippen molar-refractivity contribution in [2.45, 2.75) is 25.7 Å². The van der Waals surface area contributed by atoms with E-state index in [-0.39, 0.29) is 5.91 Å². The minimum absolute atomic E-state index is 0.232. The predicted molar refractivity (Wildman–Crippen MR) is 93.5 cm³/mol. The molecular formula is C18H25N5O2. The molecule has 0 aromatic carbocycles. The van der Waals surface area contributed by atoms with E-state index in [1.54, 1.807) is 0 Å². The number of fused-ring (bicyclic) bond motifs is 1. The Bertz CT molecular complexity index is 745. The molecule has 0 spiro atoms. The van der Waals surface area contributed by atoms with Gasteiger partial charge in [-0.15, -0.1) is 0 Å². The number of piperidine rings is 1. The van der Waals surface area contributed by atoms with Gasteiger partial charge in [-0.2, -0.15) is 5.10 Å². The van der Waals surface area contributed by atoms with Crippen LogP contribution in [0.2, 0.25) is 0 Å². The molecule has 7 heteroatoms. The van der Waals surface area contributed by atoms with Gasteiger partial charge < -0.3 is 9.64 Å². The van der Waals surface area contributed by atoms with E-state index in [1.165, 1.54) is 5.69 Å². The molecule has 0 N–H and O–H groups in total. The molecule has 0 aliphatic carbocycles. The van der Waals surface area contributed by atoms with Gasteiger partial charge in [-0.05, 0) is 38.9 Å². The van der Waals surface area contributed by atoms with E-state index in [0.717, 1.165) is 50.4 Å². The monoisotopic (exact) mass is 343 g/mol. The molecule has 0 unspecified atom stereocenters. The van der Waals surface area contributed by atoms with E-state index < -0.39 is 0 Å². The Balaban J connectivity index is 1.37. The summed E-state index contributed by atoms with van der Waals surface area (Å²) in [6.07, 6.45) is 3.98. The molecule has 2 aliphatic heterocycles. The second-order valence-corrected chi connectivity index (χ2v) is 6.97. The van der Waals surface area contributed by atoms with Gasteiger partial charge in [0.1, 0.15) is 0 Å². The summed E-state index contributed by atoms with van der Waals surface area (Å²) in [4.78, 5) is 21.0. The highest BCUT2D eigenvalue weighted by atomic mass is 16.5. The van der Waals surface area contributed by atoms with Gasteiger partial charge in [-0.3, -0.25) is 9.69 Å². The predicted octanol–water partition coefficient (Wildman–Crippen LogP) is 1.08. The van der Waals surface area contributed by atoms with Gasteiger partial charge in [0.25, 0.3) is 0 Å². The highest BCUT2D eigenvalue weighted by molar-refractivity contribution is 5.78. The number of nitrogens with zero attached hydrogens (tertiary/aromatic N) is 5. The van der Waals surface area contributed by atoms with Crippen LogP contribution in [0, 0.1) is 6.92 Å². The Labute approximate surface area is 147 Å². The van der Waals surface area contributed by atoms with Crippen molar-refractivity contribution in [3.05, 3.63) is 29.7 Å². The van der Waals surface area contributed by atoms with Gasteiger partial charge in [0.05, 0.1) is 25.5 Å². The van der Waals surface area contributed by atoms with Crippen LogP contribution in [0.5, 0.6) is 0 Å². The number of likely N-dealkylation sites (tertiary alicyclic amines) is 1. The number of ether oxygens (including phenoxy) is 1. The fraction of sp³-hybridized carbons (Fsp3) is 0.611. The van der Waals surface area contributed by atoms with Gasteiger partial charge in [0.2, 0.25) is 5.91 Å². The first-order valence-corrected chi connectivity index (χ1v) is 9.10. The quantitative estimate of drug-likeness (QED) is 0.834. The largest absolute Gasteiger partial charge is 0.378 e. The zero-order valence-corrected chi connectivity index (χ0v) is 14.7. The molecule has 134 valence electrons. The third-order valence-electron chi connectivity index (χ3n) is 5.24. The van der Waals surface area contributed by atoms with Gasteiger partial charge in [0.15, 0.2) is 5.65 Å². The number of carbonyl (C=O) groups is 1. The van der Waals surface area contributed by atoms with Crippen LogP contribution in [0.3, 0.4) is 0 Å². The number of amides is 1. The van der Waals surface area contributed by atoms with E-state index in [2.05, 4.69) is 21.0 Å². The van der Waals surface area contributed by atoms with Crippen LogP contribution >= 0.6 is 0 Å². The number of hydrogen-bond acceptors (Lipinski definition) is 5. The normalized spacial score (nSPS) is 20.3. The number of morpholine rings is 1. The number of aromatic nitrogens is 3. The first-order chi connectivity index (χ1) is 12.2. The molecule has 2 aromatic heterocycles. The fourth-order valence-corrected chi connectivity index (χ4v) is 3.83. The maximum Gasteiger partial charge on any atom is 0.236 e. The topological polar surface area (TPSA) is 63.0 Å². The summed E-state index contributed by atoms with van der Waals surface area (Å²) >= 11 is 0. The molecule has 7 nitrogen and oxygen atoms in total. The maximum atomic E-state index is 12.4. The van der Waals surface area contributed by atoms with Crippen LogP contribution in [-0.4, -0.2) is 76.2 Å². The molecule has 0 radical (unpaired) electrons. The van der Waals surface area contributed by atoms with Crippen molar-refractivity contribution in [1.29, 1.82) is 0 Å². The molecule has 1 amide bonds. The minimum Gasteiger partial charge on any atom is -0.378 e. The highest BCUT2D eigenvalue weighted by Crippen LogP contribution is 2.28. The van der Waals surface area contributed by atoms with Crippen molar-refractivity contribution in [3.8, 4) is 0 Å². The Morgan fingerprint density at radius 2 is 2.00 bits per heavy atom. The lowest BCUT2D eigenvalue weighted by molar-refractivity contribution is -0.136. The number of rotatable bonds is 3. The van der Waals surface area contributed by atoms with Crippen LogP contribution in [-0.2, 0) is 9.53 Å². The summed E-state index contributed by atoms with van der Waals surface area (Å²) in [7, 11) is 0. The third-order valence-corrected chi connectivity index (χ3v) is 5.24. The van der Waals surface area contributed by atoms with Gasteiger partial charge in [-0.1, -0.05) is 0 Å². The molecule has 4 heterocycles. The van der Waals surface area contributed by atoms with Crippen molar-refractivity contribution in [2.75, 3.05) is 45.9 Å². The Hall–Kier alpha value is -1.99.